The number of anilines is 1. The van der Waals surface area contributed by atoms with Gasteiger partial charge >= 0.3 is 6.36 Å². The Bertz CT molecular complexity index is 1360. The molecule has 0 spiro atoms. The molecule has 176 valence electrons. The number of rotatable bonds is 4. The predicted octanol–water partition coefficient (Wildman–Crippen LogP) is 5.87. The molecule has 5 rings (SSSR count). The van der Waals surface area contributed by atoms with Gasteiger partial charge in [0.2, 0.25) is 11.8 Å². The minimum Gasteiger partial charge on any atom is -0.406 e. The summed E-state index contributed by atoms with van der Waals surface area (Å²) in [5, 5.41) is 9.66. The molecule has 1 saturated heterocycles. The molecule has 1 heterocycles. The van der Waals surface area contributed by atoms with Crippen LogP contribution in [0.1, 0.15) is 16.7 Å². The third-order valence-corrected chi connectivity index (χ3v) is 6.78. The first-order valence-corrected chi connectivity index (χ1v) is 11.0. The van der Waals surface area contributed by atoms with Crippen LogP contribution in [0.15, 0.2) is 66.7 Å². The van der Waals surface area contributed by atoms with E-state index in [-0.39, 0.29) is 15.7 Å². The van der Waals surface area contributed by atoms with Gasteiger partial charge < -0.3 is 4.74 Å². The van der Waals surface area contributed by atoms with Crippen molar-refractivity contribution >= 4 is 40.7 Å². The largest absolute Gasteiger partial charge is 0.573 e. The number of hydrogen-bond acceptors (Lipinski definition) is 4. The molecule has 0 radical (unpaired) electrons. The zero-order chi connectivity index (χ0) is 25.1. The molecule has 0 aromatic heterocycles. The molecular weight excluding hydrogens is 504 g/mol. The third kappa shape index (κ3) is 3.72. The van der Waals surface area contributed by atoms with Gasteiger partial charge in [-0.1, -0.05) is 47.5 Å². The number of amides is 2. The molecule has 3 aromatic carbocycles. The number of carbonyl (C=O) groups excluding carboxylic acids is 2. The summed E-state index contributed by atoms with van der Waals surface area (Å²) in [5.74, 6) is -2.96. The second kappa shape index (κ2) is 8.01. The SMILES string of the molecule is N#Cc1ccc(C2(c3ccc(OC(F)(F)F)cc3)C3C(=O)N(c4cc(Cl)cc(Cl)c4)C(=O)C32)cc1. The van der Waals surface area contributed by atoms with Crippen LogP contribution < -0.4 is 9.64 Å². The number of hydrogen-bond donors (Lipinski definition) is 0. The molecule has 0 bridgehead atoms. The number of nitriles is 1. The molecule has 2 aliphatic rings. The molecular formula is C25H13Cl2F3N2O3. The number of imide groups is 1. The Labute approximate surface area is 207 Å². The number of piperidine rings is 1. The van der Waals surface area contributed by atoms with Crippen LogP contribution in [0.4, 0.5) is 18.9 Å². The summed E-state index contributed by atoms with van der Waals surface area (Å²) in [5.41, 5.74) is 0.611. The summed E-state index contributed by atoms with van der Waals surface area (Å²) < 4.78 is 41.8. The van der Waals surface area contributed by atoms with Crippen molar-refractivity contribution in [3.8, 4) is 11.8 Å². The van der Waals surface area contributed by atoms with Gasteiger partial charge in [0, 0.05) is 15.5 Å². The quantitative estimate of drug-likeness (QED) is 0.406. The van der Waals surface area contributed by atoms with E-state index in [2.05, 4.69) is 4.74 Å². The monoisotopic (exact) mass is 516 g/mol. The highest BCUT2D eigenvalue weighted by molar-refractivity contribution is 6.36. The summed E-state index contributed by atoms with van der Waals surface area (Å²) in [6.45, 7) is 0. The fourth-order valence-electron chi connectivity index (χ4n) is 5.01. The van der Waals surface area contributed by atoms with Gasteiger partial charge in [0.1, 0.15) is 5.75 Å². The Morgan fingerprint density at radius 2 is 1.34 bits per heavy atom. The third-order valence-electron chi connectivity index (χ3n) is 6.34. The van der Waals surface area contributed by atoms with Crippen molar-refractivity contribution in [3.63, 3.8) is 0 Å². The molecule has 35 heavy (non-hydrogen) atoms. The summed E-state index contributed by atoms with van der Waals surface area (Å²) >= 11 is 12.1. The van der Waals surface area contributed by atoms with E-state index < -0.39 is 41.2 Å². The molecule has 1 aliphatic heterocycles. The standard InChI is InChI=1S/C25H13Cl2F3N2O3/c26-16-9-17(27)11-18(10-16)32-22(33)20-21(23(32)34)24(20,14-3-1-13(12-31)2-4-14)15-5-7-19(8-6-15)35-25(28,29)30/h1-11,20-21H. The first-order valence-electron chi connectivity index (χ1n) is 10.3. The van der Waals surface area contributed by atoms with Gasteiger partial charge in [0.05, 0.1) is 29.2 Å². The highest BCUT2D eigenvalue weighted by atomic mass is 35.5. The molecule has 1 aliphatic carbocycles. The topological polar surface area (TPSA) is 70.4 Å². The highest BCUT2D eigenvalue weighted by Gasteiger charge is 2.78. The maximum atomic E-state index is 13.5. The maximum Gasteiger partial charge on any atom is 0.573 e. The van der Waals surface area contributed by atoms with Crippen molar-refractivity contribution in [1.29, 1.82) is 5.26 Å². The summed E-state index contributed by atoms with van der Waals surface area (Å²) in [4.78, 5) is 28.1. The zero-order valence-corrected chi connectivity index (χ0v) is 19.0. The van der Waals surface area contributed by atoms with Gasteiger partial charge in [-0.3, -0.25) is 9.59 Å². The minimum atomic E-state index is -4.85. The second-order valence-electron chi connectivity index (χ2n) is 8.23. The van der Waals surface area contributed by atoms with E-state index >= 15 is 0 Å². The van der Waals surface area contributed by atoms with E-state index in [1.54, 1.807) is 24.3 Å². The molecule has 2 fully saturated rings. The van der Waals surface area contributed by atoms with Gasteiger partial charge in [-0.25, -0.2) is 4.90 Å². The normalized spacial score (nSPS) is 23.1. The van der Waals surface area contributed by atoms with Crippen molar-refractivity contribution in [3.05, 3.63) is 93.5 Å². The highest BCUT2D eigenvalue weighted by Crippen LogP contribution is 2.68. The van der Waals surface area contributed by atoms with Crippen molar-refractivity contribution < 1.29 is 27.5 Å². The van der Waals surface area contributed by atoms with Crippen molar-refractivity contribution in [2.75, 3.05) is 4.90 Å². The predicted molar refractivity (Wildman–Crippen MR) is 121 cm³/mol. The number of ether oxygens (including phenoxy) is 1. The molecule has 2 atom stereocenters. The average molecular weight is 517 g/mol. The summed E-state index contributed by atoms with van der Waals surface area (Å²) in [6.07, 6.45) is -4.85. The number of carbonyl (C=O) groups is 2. The van der Waals surface area contributed by atoms with Gasteiger partial charge in [-0.2, -0.15) is 5.26 Å². The van der Waals surface area contributed by atoms with Gasteiger partial charge in [-0.15, -0.1) is 13.2 Å². The molecule has 2 unspecified atom stereocenters. The second-order valence-corrected chi connectivity index (χ2v) is 9.10. The fourth-order valence-corrected chi connectivity index (χ4v) is 5.52. The Morgan fingerprint density at radius 1 is 0.857 bits per heavy atom. The Kier molecular flexibility index (Phi) is 5.31. The van der Waals surface area contributed by atoms with Crippen LogP contribution >= 0.6 is 23.2 Å². The number of fused-ring (bicyclic) bond motifs is 1. The lowest BCUT2D eigenvalue weighted by Gasteiger charge is -2.27. The number of benzene rings is 3. The van der Waals surface area contributed by atoms with Crippen LogP contribution in [0.5, 0.6) is 5.75 Å². The van der Waals surface area contributed by atoms with Crippen molar-refractivity contribution in [2.24, 2.45) is 11.8 Å². The number of nitrogens with zero attached hydrogens (tertiary/aromatic N) is 2. The van der Waals surface area contributed by atoms with E-state index in [9.17, 15) is 22.8 Å². The molecule has 3 aromatic rings. The lowest BCUT2D eigenvalue weighted by Crippen LogP contribution is -2.39. The summed E-state index contributed by atoms with van der Waals surface area (Å²) in [6, 6.07) is 18.0. The Morgan fingerprint density at radius 3 is 1.80 bits per heavy atom. The van der Waals surface area contributed by atoms with E-state index in [4.69, 9.17) is 28.5 Å². The van der Waals surface area contributed by atoms with Crippen LogP contribution in [0.3, 0.4) is 0 Å². The van der Waals surface area contributed by atoms with E-state index in [1.807, 2.05) is 6.07 Å². The number of halogens is 5. The van der Waals surface area contributed by atoms with E-state index in [1.165, 1.54) is 30.3 Å². The summed E-state index contributed by atoms with van der Waals surface area (Å²) in [7, 11) is 0. The molecule has 0 N–H and O–H groups in total. The first kappa shape index (κ1) is 23.2. The molecule has 5 nitrogen and oxygen atoms in total. The molecule has 1 saturated carbocycles. The van der Waals surface area contributed by atoms with Gasteiger partial charge in [0.25, 0.3) is 0 Å². The Hall–Kier alpha value is -3.54. The smallest absolute Gasteiger partial charge is 0.406 e. The maximum absolute atomic E-state index is 13.5. The first-order chi connectivity index (χ1) is 16.6. The van der Waals surface area contributed by atoms with E-state index in [0.717, 1.165) is 17.0 Å². The van der Waals surface area contributed by atoms with Crippen LogP contribution in [0.2, 0.25) is 10.0 Å². The van der Waals surface area contributed by atoms with Crippen molar-refractivity contribution in [1.82, 2.24) is 0 Å². The van der Waals surface area contributed by atoms with Crippen LogP contribution in [0.25, 0.3) is 0 Å². The van der Waals surface area contributed by atoms with Crippen LogP contribution in [-0.2, 0) is 15.0 Å². The van der Waals surface area contributed by atoms with Gasteiger partial charge in [-0.05, 0) is 53.6 Å². The minimum absolute atomic E-state index is 0.243. The zero-order valence-electron chi connectivity index (χ0n) is 17.5. The lowest BCUT2D eigenvalue weighted by atomic mass is 9.82. The van der Waals surface area contributed by atoms with Gasteiger partial charge in [0.15, 0.2) is 0 Å². The van der Waals surface area contributed by atoms with Crippen molar-refractivity contribution in [2.45, 2.75) is 11.8 Å². The number of alkyl halides is 3. The lowest BCUT2D eigenvalue weighted by molar-refractivity contribution is -0.274. The van der Waals surface area contributed by atoms with Crippen LogP contribution in [0, 0.1) is 23.2 Å². The average Bonchev–Trinajstić information content (AvgIpc) is 3.41. The Balaban J connectivity index is 1.58. The van der Waals surface area contributed by atoms with Crippen LogP contribution in [-0.4, -0.2) is 18.2 Å². The molecule has 10 heteroatoms. The molecule has 2 amide bonds. The van der Waals surface area contributed by atoms with E-state index in [0.29, 0.717) is 16.7 Å². The fraction of sp³-hybridized carbons (Fsp3) is 0.160.